The Morgan fingerprint density at radius 2 is 2.04 bits per heavy atom. The predicted octanol–water partition coefficient (Wildman–Crippen LogP) is 2.92. The Morgan fingerprint density at radius 1 is 1.24 bits per heavy atom. The van der Waals surface area contributed by atoms with Crippen molar-refractivity contribution in [3.63, 3.8) is 0 Å². The lowest BCUT2D eigenvalue weighted by atomic mass is 9.88. The summed E-state index contributed by atoms with van der Waals surface area (Å²) < 4.78 is 27.2. The summed E-state index contributed by atoms with van der Waals surface area (Å²) in [6.07, 6.45) is 5.63. The summed E-state index contributed by atoms with van der Waals surface area (Å²) in [5.74, 6) is -1.62. The van der Waals surface area contributed by atoms with Crippen LogP contribution in [0.1, 0.15) is 17.5 Å². The quantitative estimate of drug-likeness (QED) is 0.669. The fourth-order valence-corrected chi connectivity index (χ4v) is 3.22. The zero-order valence-corrected chi connectivity index (χ0v) is 13.1. The van der Waals surface area contributed by atoms with Crippen molar-refractivity contribution in [3.8, 4) is 0 Å². The summed E-state index contributed by atoms with van der Waals surface area (Å²) in [6, 6.07) is 2.67. The number of urea groups is 1. The van der Waals surface area contributed by atoms with Crippen molar-refractivity contribution < 1.29 is 13.6 Å². The molecule has 1 aromatic carbocycles. The van der Waals surface area contributed by atoms with Crippen LogP contribution in [0.25, 0.3) is 11.0 Å². The standard InChI is InChI=1S/C17H15F2N5O/c18-13-2-1-3-14(19)15(13)23-17(25)22-10-4-5-11-9(6-10)7-20-16-12(11)8-21-24-16/h1-3,7-8,10H,4-6H2,(H,20,21,24)(H2,22,23,25). The molecule has 0 aliphatic heterocycles. The lowest BCUT2D eigenvalue weighted by Crippen LogP contribution is -2.41. The first-order valence-electron chi connectivity index (χ1n) is 7.93. The van der Waals surface area contributed by atoms with Crippen LogP contribution in [0.2, 0.25) is 0 Å². The van der Waals surface area contributed by atoms with Crippen LogP contribution >= 0.6 is 0 Å². The van der Waals surface area contributed by atoms with Gasteiger partial charge in [-0.3, -0.25) is 5.10 Å². The molecule has 1 aliphatic carbocycles. The number of aromatic amines is 1. The summed E-state index contributed by atoms with van der Waals surface area (Å²) in [7, 11) is 0. The Kier molecular flexibility index (Phi) is 3.79. The van der Waals surface area contributed by atoms with E-state index in [1.165, 1.54) is 11.6 Å². The number of anilines is 1. The summed E-state index contributed by atoms with van der Waals surface area (Å²) in [4.78, 5) is 16.4. The number of halogens is 2. The second kappa shape index (κ2) is 6.12. The Morgan fingerprint density at radius 3 is 2.84 bits per heavy atom. The van der Waals surface area contributed by atoms with Gasteiger partial charge in [0.25, 0.3) is 0 Å². The van der Waals surface area contributed by atoms with Gasteiger partial charge in [-0.1, -0.05) is 6.07 Å². The van der Waals surface area contributed by atoms with Crippen molar-refractivity contribution in [1.82, 2.24) is 20.5 Å². The van der Waals surface area contributed by atoms with E-state index < -0.39 is 23.4 Å². The van der Waals surface area contributed by atoms with E-state index in [4.69, 9.17) is 0 Å². The van der Waals surface area contributed by atoms with Gasteiger partial charge >= 0.3 is 6.03 Å². The summed E-state index contributed by atoms with van der Waals surface area (Å²) in [6.45, 7) is 0. The van der Waals surface area contributed by atoms with Gasteiger partial charge in [0.15, 0.2) is 5.65 Å². The largest absolute Gasteiger partial charge is 0.335 e. The fraction of sp³-hybridized carbons (Fsp3) is 0.235. The molecule has 25 heavy (non-hydrogen) atoms. The molecule has 0 spiro atoms. The minimum Gasteiger partial charge on any atom is -0.335 e. The molecule has 2 amide bonds. The number of nitrogens with one attached hydrogen (secondary N) is 3. The van der Waals surface area contributed by atoms with Gasteiger partial charge in [-0.15, -0.1) is 0 Å². The number of benzene rings is 1. The highest BCUT2D eigenvalue weighted by Crippen LogP contribution is 2.27. The Balaban J connectivity index is 1.46. The number of hydrogen-bond donors (Lipinski definition) is 3. The molecule has 6 nitrogen and oxygen atoms in total. The van der Waals surface area contributed by atoms with E-state index in [0.29, 0.717) is 6.42 Å². The van der Waals surface area contributed by atoms with Crippen LogP contribution in [0.3, 0.4) is 0 Å². The molecule has 0 saturated carbocycles. The minimum absolute atomic E-state index is 0.131. The monoisotopic (exact) mass is 343 g/mol. The van der Waals surface area contributed by atoms with E-state index in [1.54, 1.807) is 12.4 Å². The van der Waals surface area contributed by atoms with E-state index in [9.17, 15) is 13.6 Å². The summed E-state index contributed by atoms with van der Waals surface area (Å²) >= 11 is 0. The van der Waals surface area contributed by atoms with Crippen LogP contribution in [0.15, 0.2) is 30.6 Å². The topological polar surface area (TPSA) is 82.7 Å². The summed E-state index contributed by atoms with van der Waals surface area (Å²) in [5, 5.41) is 12.8. The lowest BCUT2D eigenvalue weighted by Gasteiger charge is -2.25. The zero-order chi connectivity index (χ0) is 17.4. The molecule has 4 rings (SSSR count). The molecule has 3 aromatic rings. The number of aromatic nitrogens is 3. The van der Waals surface area contributed by atoms with Gasteiger partial charge in [-0.2, -0.15) is 5.10 Å². The van der Waals surface area contributed by atoms with Crippen molar-refractivity contribution in [2.75, 3.05) is 5.32 Å². The summed E-state index contributed by atoms with van der Waals surface area (Å²) in [5.41, 5.74) is 2.52. The number of fused-ring (bicyclic) bond motifs is 3. The first kappa shape index (κ1) is 15.5. The van der Waals surface area contributed by atoms with Gasteiger partial charge in [0.05, 0.1) is 6.20 Å². The highest BCUT2D eigenvalue weighted by molar-refractivity contribution is 5.89. The maximum atomic E-state index is 13.6. The number of H-pyrrole nitrogens is 1. The number of para-hydroxylation sites is 1. The third kappa shape index (κ3) is 2.90. The average molecular weight is 343 g/mol. The Bertz CT molecular complexity index is 935. The van der Waals surface area contributed by atoms with E-state index in [-0.39, 0.29) is 6.04 Å². The van der Waals surface area contributed by atoms with Gasteiger partial charge in [0.1, 0.15) is 17.3 Å². The SMILES string of the molecule is O=C(Nc1c(F)cccc1F)NC1CCc2c(cnc3[nH]ncc23)C1. The molecule has 0 saturated heterocycles. The third-order valence-corrected chi connectivity index (χ3v) is 4.43. The van der Waals surface area contributed by atoms with Crippen molar-refractivity contribution in [2.24, 2.45) is 0 Å². The van der Waals surface area contributed by atoms with Gasteiger partial charge in [-0.25, -0.2) is 18.6 Å². The Labute approximate surface area is 141 Å². The van der Waals surface area contributed by atoms with Gasteiger partial charge in [0.2, 0.25) is 0 Å². The number of hydrogen-bond acceptors (Lipinski definition) is 3. The normalized spacial score (nSPS) is 16.5. The van der Waals surface area contributed by atoms with Crippen molar-refractivity contribution in [3.05, 3.63) is 53.4 Å². The van der Waals surface area contributed by atoms with E-state index >= 15 is 0 Å². The molecular weight excluding hydrogens is 328 g/mol. The van der Waals surface area contributed by atoms with Gasteiger partial charge in [0, 0.05) is 17.6 Å². The van der Waals surface area contributed by atoms with Crippen LogP contribution in [0.5, 0.6) is 0 Å². The van der Waals surface area contributed by atoms with E-state index in [2.05, 4.69) is 25.8 Å². The molecule has 8 heteroatoms. The van der Waals surface area contributed by atoms with Crippen molar-refractivity contribution in [2.45, 2.75) is 25.3 Å². The predicted molar refractivity (Wildman–Crippen MR) is 88.2 cm³/mol. The number of carbonyl (C=O) groups is 1. The molecule has 3 N–H and O–H groups in total. The molecule has 0 bridgehead atoms. The van der Waals surface area contributed by atoms with Crippen LogP contribution < -0.4 is 10.6 Å². The second-order valence-electron chi connectivity index (χ2n) is 6.03. The smallest absolute Gasteiger partial charge is 0.319 e. The molecule has 1 atom stereocenters. The van der Waals surface area contributed by atoms with Crippen LogP contribution in [-0.2, 0) is 12.8 Å². The molecule has 0 radical (unpaired) electrons. The number of carbonyl (C=O) groups excluding carboxylic acids is 1. The molecule has 2 aromatic heterocycles. The molecule has 0 fully saturated rings. The molecule has 1 aliphatic rings. The number of pyridine rings is 1. The lowest BCUT2D eigenvalue weighted by molar-refractivity contribution is 0.247. The van der Waals surface area contributed by atoms with Crippen molar-refractivity contribution in [1.29, 1.82) is 0 Å². The van der Waals surface area contributed by atoms with Crippen molar-refractivity contribution >= 4 is 22.8 Å². The second-order valence-corrected chi connectivity index (χ2v) is 6.03. The molecule has 1 unspecified atom stereocenters. The number of nitrogens with zero attached hydrogens (tertiary/aromatic N) is 2. The zero-order valence-electron chi connectivity index (χ0n) is 13.1. The van der Waals surface area contributed by atoms with Gasteiger partial charge in [-0.05, 0) is 42.5 Å². The Hall–Kier alpha value is -3.03. The maximum absolute atomic E-state index is 13.6. The fourth-order valence-electron chi connectivity index (χ4n) is 3.22. The number of aryl methyl sites for hydroxylation is 1. The average Bonchev–Trinajstić information content (AvgIpc) is 3.07. The highest BCUT2D eigenvalue weighted by Gasteiger charge is 2.23. The first-order chi connectivity index (χ1) is 12.1. The maximum Gasteiger partial charge on any atom is 0.319 e. The molecule has 2 heterocycles. The number of amides is 2. The first-order valence-corrected chi connectivity index (χ1v) is 7.93. The minimum atomic E-state index is -0.810. The van der Waals surface area contributed by atoms with Crippen LogP contribution in [-0.4, -0.2) is 27.3 Å². The molecule has 128 valence electrons. The van der Waals surface area contributed by atoms with Crippen LogP contribution in [0.4, 0.5) is 19.3 Å². The van der Waals surface area contributed by atoms with Gasteiger partial charge < -0.3 is 10.6 Å². The third-order valence-electron chi connectivity index (χ3n) is 4.43. The molecular formula is C17H15F2N5O. The van der Waals surface area contributed by atoms with Crippen LogP contribution in [0, 0.1) is 11.6 Å². The van der Waals surface area contributed by atoms with E-state index in [1.807, 2.05) is 0 Å². The highest BCUT2D eigenvalue weighted by atomic mass is 19.1. The number of rotatable bonds is 2. The van der Waals surface area contributed by atoms with E-state index in [0.717, 1.165) is 41.6 Å².